The first-order chi connectivity index (χ1) is 21.6. The first-order valence-electron chi connectivity index (χ1n) is 16.1. The zero-order valence-corrected chi connectivity index (χ0v) is 29.5. The monoisotopic (exact) mass is 647 g/mol. The summed E-state index contributed by atoms with van der Waals surface area (Å²) in [6.45, 7) is 17.4. The minimum atomic E-state index is -1.01. The molecule has 3 amide bonds. The summed E-state index contributed by atoms with van der Waals surface area (Å²) >= 11 is 6.56. The Morgan fingerprint density at radius 2 is 1.48 bits per heavy atom. The van der Waals surface area contributed by atoms with Gasteiger partial charge in [-0.1, -0.05) is 86.1 Å². The molecule has 2 N–H and O–H groups in total. The molecule has 8 heteroatoms. The molecule has 3 rings (SSSR count). The Bertz CT molecular complexity index is 1480. The van der Waals surface area contributed by atoms with Crippen LogP contribution in [0.15, 0.2) is 66.7 Å². The number of para-hydroxylation sites is 1. The molecular weight excluding hydrogens is 598 g/mol. The fourth-order valence-electron chi connectivity index (χ4n) is 5.46. The molecule has 46 heavy (non-hydrogen) atoms. The number of halogens is 1. The topological polar surface area (TPSA) is 87.7 Å². The largest absolute Gasteiger partial charge is 0.444 e. The molecule has 0 saturated heterocycles. The molecule has 0 aliphatic heterocycles. The standard InChI is InChI=1S/C38H50ClN3O4/c1-24(2)21-22-27(5)42(36(44)32(23-29-17-11-10-12-18-29)40-37(45)46-38(7,8)9)34(30-19-13-15-25(3)28(30)6)35(43)41-33-26(4)16-14-20-31(33)39/h10-20,24,27,32,34H,21-23H2,1-9H3,(H,40,45)(H,41,43). The van der Waals surface area contributed by atoms with Crippen LogP contribution in [0.1, 0.15) is 88.2 Å². The van der Waals surface area contributed by atoms with Crippen LogP contribution in [0.3, 0.4) is 0 Å². The van der Waals surface area contributed by atoms with E-state index in [0.717, 1.165) is 28.7 Å². The molecule has 0 heterocycles. The predicted molar refractivity (Wildman–Crippen MR) is 187 cm³/mol. The number of carbonyl (C=O) groups excluding carboxylic acids is 3. The summed E-state index contributed by atoms with van der Waals surface area (Å²) < 4.78 is 5.59. The van der Waals surface area contributed by atoms with Crippen LogP contribution in [0.5, 0.6) is 0 Å². The van der Waals surface area contributed by atoms with Gasteiger partial charge in [0.2, 0.25) is 5.91 Å². The van der Waals surface area contributed by atoms with Gasteiger partial charge in [0.15, 0.2) is 0 Å². The van der Waals surface area contributed by atoms with E-state index in [2.05, 4.69) is 24.5 Å². The van der Waals surface area contributed by atoms with Gasteiger partial charge in [0.25, 0.3) is 5.91 Å². The van der Waals surface area contributed by atoms with Crippen molar-refractivity contribution in [1.82, 2.24) is 10.2 Å². The third-order valence-corrected chi connectivity index (χ3v) is 8.42. The molecule has 0 bridgehead atoms. The molecule has 0 fully saturated rings. The average molecular weight is 648 g/mol. The van der Waals surface area contributed by atoms with E-state index in [4.69, 9.17) is 16.3 Å². The molecule has 3 aromatic carbocycles. The third-order valence-electron chi connectivity index (χ3n) is 8.10. The number of amides is 3. The Hall–Kier alpha value is -3.84. The van der Waals surface area contributed by atoms with Gasteiger partial charge in [0.1, 0.15) is 17.7 Å². The van der Waals surface area contributed by atoms with Crippen LogP contribution in [0.25, 0.3) is 0 Å². The summed E-state index contributed by atoms with van der Waals surface area (Å²) in [7, 11) is 0. The van der Waals surface area contributed by atoms with Gasteiger partial charge in [-0.2, -0.15) is 0 Å². The number of rotatable bonds is 12. The van der Waals surface area contributed by atoms with Crippen molar-refractivity contribution < 1.29 is 19.1 Å². The second-order valence-electron chi connectivity index (χ2n) is 13.6. The van der Waals surface area contributed by atoms with E-state index >= 15 is 0 Å². The second-order valence-corrected chi connectivity index (χ2v) is 14.0. The highest BCUT2D eigenvalue weighted by atomic mass is 35.5. The van der Waals surface area contributed by atoms with E-state index in [-0.39, 0.29) is 24.3 Å². The molecule has 0 spiro atoms. The van der Waals surface area contributed by atoms with E-state index in [1.165, 1.54) is 0 Å². The average Bonchev–Trinajstić information content (AvgIpc) is 2.97. The molecular formula is C38H50ClN3O4. The molecule has 0 aliphatic carbocycles. The number of nitrogens with one attached hydrogen (secondary N) is 2. The van der Waals surface area contributed by atoms with E-state index in [0.29, 0.717) is 28.6 Å². The van der Waals surface area contributed by atoms with Crippen molar-refractivity contribution in [2.24, 2.45) is 5.92 Å². The Labute approximate surface area is 280 Å². The fraction of sp³-hybridized carbons (Fsp3) is 0.447. The zero-order chi connectivity index (χ0) is 34.2. The Morgan fingerprint density at radius 1 is 0.848 bits per heavy atom. The van der Waals surface area contributed by atoms with Crippen molar-refractivity contribution in [3.8, 4) is 0 Å². The van der Waals surface area contributed by atoms with Crippen molar-refractivity contribution in [1.29, 1.82) is 0 Å². The molecule has 248 valence electrons. The lowest BCUT2D eigenvalue weighted by molar-refractivity contribution is -0.143. The summed E-state index contributed by atoms with van der Waals surface area (Å²) in [5.41, 5.74) is 4.03. The van der Waals surface area contributed by atoms with Crippen LogP contribution in [0.4, 0.5) is 10.5 Å². The van der Waals surface area contributed by atoms with Gasteiger partial charge in [0, 0.05) is 12.5 Å². The van der Waals surface area contributed by atoms with Crippen LogP contribution in [0.2, 0.25) is 5.02 Å². The quantitative estimate of drug-likeness (QED) is 0.206. The molecule has 0 radical (unpaired) electrons. The van der Waals surface area contributed by atoms with Crippen LogP contribution < -0.4 is 10.6 Å². The van der Waals surface area contributed by atoms with Gasteiger partial charge < -0.3 is 20.3 Å². The summed E-state index contributed by atoms with van der Waals surface area (Å²) in [5.74, 6) is -0.369. The highest BCUT2D eigenvalue weighted by Crippen LogP contribution is 2.34. The van der Waals surface area contributed by atoms with E-state index in [1.54, 1.807) is 31.7 Å². The van der Waals surface area contributed by atoms with Gasteiger partial charge in [-0.25, -0.2) is 4.79 Å². The number of carbonyl (C=O) groups is 3. The zero-order valence-electron chi connectivity index (χ0n) is 28.7. The number of hydrogen-bond acceptors (Lipinski definition) is 4. The van der Waals surface area contributed by atoms with E-state index < -0.39 is 23.8 Å². The number of hydrogen-bond donors (Lipinski definition) is 2. The van der Waals surface area contributed by atoms with Crippen LogP contribution in [-0.2, 0) is 20.7 Å². The predicted octanol–water partition coefficient (Wildman–Crippen LogP) is 8.73. The van der Waals surface area contributed by atoms with Crippen molar-refractivity contribution in [2.45, 2.75) is 105 Å². The second kappa shape index (κ2) is 16.1. The molecule has 0 saturated carbocycles. The minimum absolute atomic E-state index is 0.219. The lowest BCUT2D eigenvalue weighted by Crippen LogP contribution is -2.55. The molecule has 7 nitrogen and oxygen atoms in total. The summed E-state index contributed by atoms with van der Waals surface area (Å²) in [6, 6.07) is 18.4. The van der Waals surface area contributed by atoms with Crippen molar-refractivity contribution in [2.75, 3.05) is 5.32 Å². The normalized spacial score (nSPS) is 13.5. The number of nitrogens with zero attached hydrogens (tertiary/aromatic N) is 1. The third kappa shape index (κ3) is 10.1. The summed E-state index contributed by atoms with van der Waals surface area (Å²) in [4.78, 5) is 44.4. The number of alkyl carbamates (subject to hydrolysis) is 1. The molecule has 0 aliphatic rings. The first-order valence-corrected chi connectivity index (χ1v) is 16.4. The van der Waals surface area contributed by atoms with Crippen LogP contribution >= 0.6 is 11.6 Å². The van der Waals surface area contributed by atoms with Crippen molar-refractivity contribution in [3.63, 3.8) is 0 Å². The van der Waals surface area contributed by atoms with Crippen molar-refractivity contribution >= 4 is 35.2 Å². The highest BCUT2D eigenvalue weighted by Gasteiger charge is 2.40. The van der Waals surface area contributed by atoms with Gasteiger partial charge >= 0.3 is 6.09 Å². The molecule has 3 unspecified atom stereocenters. The smallest absolute Gasteiger partial charge is 0.408 e. The highest BCUT2D eigenvalue weighted by molar-refractivity contribution is 6.34. The number of anilines is 1. The molecule has 0 aromatic heterocycles. The minimum Gasteiger partial charge on any atom is -0.444 e. The SMILES string of the molecule is Cc1cccc(C(C(=O)Nc2c(C)cccc2Cl)N(C(=O)C(Cc2ccccc2)NC(=O)OC(C)(C)C)C(C)CCC(C)C)c1C. The Kier molecular flexibility index (Phi) is 12.8. The van der Waals surface area contributed by atoms with Gasteiger partial charge in [-0.05, 0) is 101 Å². The van der Waals surface area contributed by atoms with Crippen LogP contribution in [0, 0.1) is 26.7 Å². The van der Waals surface area contributed by atoms with E-state index in [9.17, 15) is 14.4 Å². The van der Waals surface area contributed by atoms with Gasteiger partial charge in [-0.15, -0.1) is 0 Å². The number of benzene rings is 3. The van der Waals surface area contributed by atoms with Gasteiger partial charge in [0.05, 0.1) is 10.7 Å². The molecule has 3 atom stereocenters. The van der Waals surface area contributed by atoms with Crippen LogP contribution in [-0.4, -0.2) is 40.5 Å². The molecule has 3 aromatic rings. The summed E-state index contributed by atoms with van der Waals surface area (Å²) in [5, 5.41) is 6.33. The number of ether oxygens (including phenoxy) is 1. The van der Waals surface area contributed by atoms with Gasteiger partial charge in [-0.3, -0.25) is 9.59 Å². The lowest BCUT2D eigenvalue weighted by Gasteiger charge is -2.39. The maximum Gasteiger partial charge on any atom is 0.408 e. The van der Waals surface area contributed by atoms with E-state index in [1.807, 2.05) is 88.4 Å². The lowest BCUT2D eigenvalue weighted by atomic mass is 9.92. The number of aryl methyl sites for hydroxylation is 2. The maximum atomic E-state index is 15.0. The van der Waals surface area contributed by atoms with Crippen molar-refractivity contribution in [3.05, 3.63) is 99.6 Å². The maximum absolute atomic E-state index is 15.0. The Balaban J connectivity index is 2.20. The first kappa shape index (κ1) is 36.6. The fourth-order valence-corrected chi connectivity index (χ4v) is 5.73. The summed E-state index contributed by atoms with van der Waals surface area (Å²) in [6.07, 6.45) is 1.03. The Morgan fingerprint density at radius 3 is 2.09 bits per heavy atom.